The zero-order valence-electron chi connectivity index (χ0n) is 24.4. The molecular formula is C33H46N2O4. The minimum atomic E-state index is -0.505. The molecule has 1 saturated heterocycles. The second kappa shape index (κ2) is 13.8. The summed E-state index contributed by atoms with van der Waals surface area (Å²) in [5.74, 6) is -0.170. The van der Waals surface area contributed by atoms with E-state index in [1.807, 2.05) is 75.1 Å². The van der Waals surface area contributed by atoms with E-state index in [-0.39, 0.29) is 30.1 Å². The summed E-state index contributed by atoms with van der Waals surface area (Å²) in [6, 6.07) is 18.4. The van der Waals surface area contributed by atoms with Crippen LogP contribution in [-0.4, -0.2) is 59.7 Å². The molecule has 0 N–H and O–H groups in total. The highest BCUT2D eigenvalue weighted by Crippen LogP contribution is 2.33. The largest absolute Gasteiger partial charge is 0.460 e. The Hall–Kier alpha value is -3.12. The number of rotatable bonds is 11. The molecule has 2 aromatic carbocycles. The third kappa shape index (κ3) is 9.54. The van der Waals surface area contributed by atoms with Gasteiger partial charge in [0.05, 0.1) is 6.42 Å². The van der Waals surface area contributed by atoms with Gasteiger partial charge in [-0.3, -0.25) is 4.79 Å². The summed E-state index contributed by atoms with van der Waals surface area (Å²) in [5.41, 5.74) is 2.48. The average molecular weight is 535 g/mol. The molecule has 1 fully saturated rings. The lowest BCUT2D eigenvalue weighted by Gasteiger charge is -2.39. The molecule has 0 spiro atoms. The smallest absolute Gasteiger partial charge is 0.410 e. The first-order chi connectivity index (χ1) is 18.5. The third-order valence-electron chi connectivity index (χ3n) is 7.45. The number of likely N-dealkylation sites (tertiary alicyclic amines) is 1. The van der Waals surface area contributed by atoms with Gasteiger partial charge in [-0.05, 0) is 64.6 Å². The molecule has 0 saturated carbocycles. The van der Waals surface area contributed by atoms with Gasteiger partial charge in [-0.25, -0.2) is 4.79 Å². The predicted octanol–water partition coefficient (Wildman–Crippen LogP) is 6.66. The molecular weight excluding hydrogens is 488 g/mol. The van der Waals surface area contributed by atoms with Crippen molar-refractivity contribution in [1.82, 2.24) is 9.80 Å². The van der Waals surface area contributed by atoms with Gasteiger partial charge in [0.25, 0.3) is 0 Å². The van der Waals surface area contributed by atoms with Crippen LogP contribution < -0.4 is 0 Å². The van der Waals surface area contributed by atoms with Crippen molar-refractivity contribution in [1.29, 1.82) is 0 Å². The van der Waals surface area contributed by atoms with Crippen LogP contribution in [0.4, 0.5) is 4.79 Å². The number of benzene rings is 2. The van der Waals surface area contributed by atoms with E-state index in [2.05, 4.69) is 30.5 Å². The first kappa shape index (κ1) is 30.4. The molecule has 6 nitrogen and oxygen atoms in total. The van der Waals surface area contributed by atoms with Crippen LogP contribution in [0.2, 0.25) is 0 Å². The minimum absolute atomic E-state index is 0.118. The normalized spacial score (nSPS) is 16.2. The molecule has 2 aromatic rings. The summed E-state index contributed by atoms with van der Waals surface area (Å²) >= 11 is 0. The molecule has 1 heterocycles. The molecule has 1 aliphatic rings. The SMILES string of the molecule is C=CCN(C(=O)OCc1ccc(C)cc1)C1CCN(CCC(C)(CC(=O)OC(C)(C)C)c2ccccc2)CC1. The van der Waals surface area contributed by atoms with Crippen LogP contribution >= 0.6 is 0 Å². The van der Waals surface area contributed by atoms with Crippen molar-refractivity contribution in [2.75, 3.05) is 26.2 Å². The van der Waals surface area contributed by atoms with E-state index in [1.54, 1.807) is 6.08 Å². The number of hydrogen-bond donors (Lipinski definition) is 0. The number of hydrogen-bond acceptors (Lipinski definition) is 5. The number of nitrogens with zero attached hydrogens (tertiary/aromatic N) is 2. The Morgan fingerprint density at radius 1 is 1.03 bits per heavy atom. The van der Waals surface area contributed by atoms with Crippen molar-refractivity contribution >= 4 is 12.1 Å². The molecule has 0 bridgehead atoms. The number of ether oxygens (including phenoxy) is 2. The Balaban J connectivity index is 1.56. The van der Waals surface area contributed by atoms with Crippen LogP contribution in [0.15, 0.2) is 67.3 Å². The molecule has 3 rings (SSSR count). The lowest BCUT2D eigenvalue weighted by molar-refractivity contribution is -0.156. The Bertz CT molecular complexity index is 1070. The summed E-state index contributed by atoms with van der Waals surface area (Å²) in [7, 11) is 0. The Morgan fingerprint density at radius 3 is 2.26 bits per heavy atom. The van der Waals surface area contributed by atoms with Gasteiger partial charge < -0.3 is 19.3 Å². The van der Waals surface area contributed by atoms with Crippen molar-refractivity contribution in [3.05, 3.63) is 83.9 Å². The molecule has 1 aliphatic heterocycles. The zero-order valence-corrected chi connectivity index (χ0v) is 24.4. The van der Waals surface area contributed by atoms with E-state index in [1.165, 1.54) is 5.56 Å². The van der Waals surface area contributed by atoms with E-state index in [9.17, 15) is 9.59 Å². The highest BCUT2D eigenvalue weighted by Gasteiger charge is 2.34. The van der Waals surface area contributed by atoms with Gasteiger partial charge in [-0.2, -0.15) is 0 Å². The van der Waals surface area contributed by atoms with E-state index in [0.717, 1.165) is 50.0 Å². The maximum atomic E-state index is 13.0. The van der Waals surface area contributed by atoms with Crippen LogP contribution in [0, 0.1) is 6.92 Å². The fourth-order valence-corrected chi connectivity index (χ4v) is 5.16. The van der Waals surface area contributed by atoms with Gasteiger partial charge in [-0.15, -0.1) is 6.58 Å². The minimum Gasteiger partial charge on any atom is -0.460 e. The number of esters is 1. The maximum absolute atomic E-state index is 13.0. The molecule has 1 unspecified atom stereocenters. The van der Waals surface area contributed by atoms with Crippen molar-refractivity contribution in [2.45, 2.75) is 84.0 Å². The van der Waals surface area contributed by atoms with Crippen molar-refractivity contribution in [2.24, 2.45) is 0 Å². The zero-order chi connectivity index (χ0) is 28.5. The highest BCUT2D eigenvalue weighted by atomic mass is 16.6. The molecule has 1 atom stereocenters. The van der Waals surface area contributed by atoms with E-state index in [4.69, 9.17) is 9.47 Å². The number of carbonyl (C=O) groups excluding carboxylic acids is 2. The maximum Gasteiger partial charge on any atom is 0.410 e. The molecule has 6 heteroatoms. The fourth-order valence-electron chi connectivity index (χ4n) is 5.16. The van der Waals surface area contributed by atoms with Crippen LogP contribution in [0.1, 0.15) is 70.1 Å². The fraction of sp³-hybridized carbons (Fsp3) is 0.515. The summed E-state index contributed by atoms with van der Waals surface area (Å²) in [6.07, 6.45) is 4.41. The first-order valence-electron chi connectivity index (χ1n) is 14.1. The van der Waals surface area contributed by atoms with Gasteiger partial charge >= 0.3 is 12.1 Å². The quantitative estimate of drug-likeness (QED) is 0.238. The Kier molecular flexibility index (Phi) is 10.8. The van der Waals surface area contributed by atoms with Crippen LogP contribution in [-0.2, 0) is 26.3 Å². The van der Waals surface area contributed by atoms with Crippen LogP contribution in [0.3, 0.4) is 0 Å². The van der Waals surface area contributed by atoms with E-state index in [0.29, 0.717) is 13.0 Å². The van der Waals surface area contributed by atoms with Gasteiger partial charge in [0.2, 0.25) is 0 Å². The van der Waals surface area contributed by atoms with Gasteiger partial charge in [0.15, 0.2) is 0 Å². The predicted molar refractivity (Wildman–Crippen MR) is 157 cm³/mol. The number of carbonyl (C=O) groups is 2. The second-order valence-electron chi connectivity index (χ2n) is 12.0. The van der Waals surface area contributed by atoms with Gasteiger partial charge in [0.1, 0.15) is 12.2 Å². The molecule has 39 heavy (non-hydrogen) atoms. The molecule has 0 aromatic heterocycles. The first-order valence-corrected chi connectivity index (χ1v) is 14.1. The molecule has 0 aliphatic carbocycles. The lowest BCUT2D eigenvalue weighted by Crippen LogP contribution is -2.48. The standard InChI is InChI=1S/C33H46N2O4/c1-7-20-35(31(37)38-25-27-15-13-26(2)14-16-27)29-17-21-34(22-18-29)23-19-33(6,28-11-9-8-10-12-28)24-30(36)39-32(3,4)5/h7-16,29H,1,17-25H2,2-6H3. The molecule has 0 radical (unpaired) electrons. The van der Waals surface area contributed by atoms with Crippen LogP contribution in [0.25, 0.3) is 0 Å². The summed E-state index contributed by atoms with van der Waals surface area (Å²) in [4.78, 5) is 30.0. The molecule has 212 valence electrons. The Labute approximate surface area is 235 Å². The third-order valence-corrected chi connectivity index (χ3v) is 7.45. The van der Waals surface area contributed by atoms with E-state index < -0.39 is 5.60 Å². The number of amides is 1. The molecule has 1 amide bonds. The number of piperidine rings is 1. The second-order valence-corrected chi connectivity index (χ2v) is 12.0. The van der Waals surface area contributed by atoms with Crippen molar-refractivity contribution < 1.29 is 19.1 Å². The van der Waals surface area contributed by atoms with Gasteiger partial charge in [-0.1, -0.05) is 73.2 Å². The Morgan fingerprint density at radius 2 is 1.67 bits per heavy atom. The summed E-state index contributed by atoms with van der Waals surface area (Å²) in [5, 5.41) is 0. The summed E-state index contributed by atoms with van der Waals surface area (Å²) in [6.45, 7) is 17.2. The van der Waals surface area contributed by atoms with Crippen molar-refractivity contribution in [3.8, 4) is 0 Å². The van der Waals surface area contributed by atoms with Gasteiger partial charge in [0, 0.05) is 31.1 Å². The van der Waals surface area contributed by atoms with Crippen molar-refractivity contribution in [3.63, 3.8) is 0 Å². The van der Waals surface area contributed by atoms with E-state index >= 15 is 0 Å². The monoisotopic (exact) mass is 534 g/mol. The topological polar surface area (TPSA) is 59.1 Å². The highest BCUT2D eigenvalue weighted by molar-refractivity contribution is 5.72. The average Bonchev–Trinajstić information content (AvgIpc) is 2.90. The number of aryl methyl sites for hydroxylation is 1. The summed E-state index contributed by atoms with van der Waals surface area (Å²) < 4.78 is 11.3. The lowest BCUT2D eigenvalue weighted by atomic mass is 9.76. The van der Waals surface area contributed by atoms with Crippen LogP contribution in [0.5, 0.6) is 0 Å².